The van der Waals surface area contributed by atoms with Crippen molar-refractivity contribution in [2.45, 2.75) is 33.4 Å². The van der Waals surface area contributed by atoms with E-state index in [2.05, 4.69) is 15.6 Å². The molecular formula is C20H26N4O2. The third kappa shape index (κ3) is 5.97. The zero-order chi connectivity index (χ0) is 18.9. The van der Waals surface area contributed by atoms with Crippen LogP contribution in [0.25, 0.3) is 0 Å². The molecule has 1 heterocycles. The van der Waals surface area contributed by atoms with Crippen molar-refractivity contribution >= 4 is 17.5 Å². The van der Waals surface area contributed by atoms with Gasteiger partial charge in [-0.05, 0) is 51.1 Å². The second-order valence-electron chi connectivity index (χ2n) is 6.31. The van der Waals surface area contributed by atoms with E-state index in [-0.39, 0.29) is 24.4 Å². The third-order valence-corrected chi connectivity index (χ3v) is 3.91. The molecule has 0 bridgehead atoms. The first-order valence-electron chi connectivity index (χ1n) is 8.81. The van der Waals surface area contributed by atoms with Gasteiger partial charge in [0.2, 0.25) is 5.91 Å². The number of carbonyl (C=O) groups excluding carboxylic acids is 2. The van der Waals surface area contributed by atoms with Gasteiger partial charge < -0.3 is 10.6 Å². The van der Waals surface area contributed by atoms with Crippen LogP contribution in [0.1, 0.15) is 36.8 Å². The van der Waals surface area contributed by atoms with E-state index in [0.29, 0.717) is 24.3 Å². The lowest BCUT2D eigenvalue weighted by molar-refractivity contribution is -0.117. The topological polar surface area (TPSA) is 74.3 Å². The number of aromatic nitrogens is 1. The molecule has 0 aliphatic carbocycles. The summed E-state index contributed by atoms with van der Waals surface area (Å²) in [6.07, 6.45) is 1.75. The Balaban J connectivity index is 1.99. The first-order valence-corrected chi connectivity index (χ1v) is 8.81. The number of hydrogen-bond acceptors (Lipinski definition) is 4. The monoisotopic (exact) mass is 354 g/mol. The van der Waals surface area contributed by atoms with E-state index in [1.165, 1.54) is 0 Å². The molecule has 0 aliphatic rings. The first kappa shape index (κ1) is 19.6. The summed E-state index contributed by atoms with van der Waals surface area (Å²) in [7, 11) is 0. The minimum absolute atomic E-state index is 0.123. The highest BCUT2D eigenvalue weighted by atomic mass is 16.2. The summed E-state index contributed by atoms with van der Waals surface area (Å²) in [5.41, 5.74) is 2.06. The summed E-state index contributed by atoms with van der Waals surface area (Å²) in [6.45, 7) is 7.38. The van der Waals surface area contributed by atoms with Gasteiger partial charge in [0, 0.05) is 36.6 Å². The number of nitrogens with zero attached hydrogens (tertiary/aromatic N) is 2. The number of hydrogen-bond donors (Lipinski definition) is 2. The minimum atomic E-state index is -0.150. The molecule has 6 heteroatoms. The standard InChI is InChI=1S/C20H26N4O2/c1-4-21-20(26)16-8-7-10-17(12-16)23-19(25)14-24(15(2)3)13-18-9-5-6-11-22-18/h5-12,15H,4,13-14H2,1-3H3,(H,21,26)(H,23,25). The third-order valence-electron chi connectivity index (χ3n) is 3.91. The molecule has 0 atom stereocenters. The molecule has 1 aromatic carbocycles. The van der Waals surface area contributed by atoms with Crippen molar-refractivity contribution in [2.75, 3.05) is 18.4 Å². The van der Waals surface area contributed by atoms with Crippen molar-refractivity contribution in [1.82, 2.24) is 15.2 Å². The van der Waals surface area contributed by atoms with Gasteiger partial charge in [0.05, 0.1) is 12.2 Å². The molecule has 0 unspecified atom stereocenters. The molecule has 2 N–H and O–H groups in total. The maximum atomic E-state index is 12.5. The highest BCUT2D eigenvalue weighted by molar-refractivity contribution is 5.97. The molecule has 0 aliphatic heterocycles. The van der Waals surface area contributed by atoms with Crippen LogP contribution in [0.15, 0.2) is 48.7 Å². The summed E-state index contributed by atoms with van der Waals surface area (Å²) >= 11 is 0. The van der Waals surface area contributed by atoms with Gasteiger partial charge >= 0.3 is 0 Å². The minimum Gasteiger partial charge on any atom is -0.352 e. The molecule has 0 saturated carbocycles. The fourth-order valence-electron chi connectivity index (χ4n) is 2.51. The fraction of sp³-hybridized carbons (Fsp3) is 0.350. The van der Waals surface area contributed by atoms with Crippen LogP contribution in [-0.4, -0.2) is 40.8 Å². The van der Waals surface area contributed by atoms with E-state index in [0.717, 1.165) is 5.69 Å². The molecule has 2 amide bonds. The van der Waals surface area contributed by atoms with Gasteiger partial charge in [-0.15, -0.1) is 0 Å². The summed E-state index contributed by atoms with van der Waals surface area (Å²) in [5, 5.41) is 5.62. The first-order chi connectivity index (χ1) is 12.5. The lowest BCUT2D eigenvalue weighted by atomic mass is 10.2. The molecule has 0 radical (unpaired) electrons. The number of pyridine rings is 1. The Bertz CT molecular complexity index is 732. The van der Waals surface area contributed by atoms with Crippen LogP contribution in [0.5, 0.6) is 0 Å². The van der Waals surface area contributed by atoms with Crippen LogP contribution in [0.2, 0.25) is 0 Å². The van der Waals surface area contributed by atoms with Gasteiger partial charge in [-0.25, -0.2) is 0 Å². The molecule has 0 fully saturated rings. The average molecular weight is 354 g/mol. The van der Waals surface area contributed by atoms with E-state index in [1.54, 1.807) is 30.5 Å². The van der Waals surface area contributed by atoms with Gasteiger partial charge in [0.25, 0.3) is 5.91 Å². The molecule has 2 aromatic rings. The van der Waals surface area contributed by atoms with E-state index < -0.39 is 0 Å². The van der Waals surface area contributed by atoms with E-state index in [4.69, 9.17) is 0 Å². The highest BCUT2D eigenvalue weighted by Gasteiger charge is 2.15. The van der Waals surface area contributed by atoms with Gasteiger partial charge in [-0.2, -0.15) is 0 Å². The SMILES string of the molecule is CCNC(=O)c1cccc(NC(=O)CN(Cc2ccccn2)C(C)C)c1. The number of amides is 2. The smallest absolute Gasteiger partial charge is 0.251 e. The second-order valence-corrected chi connectivity index (χ2v) is 6.31. The van der Waals surface area contributed by atoms with Crippen LogP contribution < -0.4 is 10.6 Å². The zero-order valence-electron chi connectivity index (χ0n) is 15.5. The summed E-state index contributed by atoms with van der Waals surface area (Å²) in [6, 6.07) is 12.9. The quantitative estimate of drug-likeness (QED) is 0.764. The Kier molecular flexibility index (Phi) is 7.29. The number of anilines is 1. The number of benzene rings is 1. The molecule has 1 aromatic heterocycles. The molecule has 0 saturated heterocycles. The molecule has 2 rings (SSSR count). The Hall–Kier alpha value is -2.73. The van der Waals surface area contributed by atoms with Crippen molar-refractivity contribution in [1.29, 1.82) is 0 Å². The Morgan fingerprint density at radius 1 is 1.15 bits per heavy atom. The summed E-state index contributed by atoms with van der Waals surface area (Å²) < 4.78 is 0. The van der Waals surface area contributed by atoms with E-state index in [1.807, 2.05) is 43.9 Å². The summed E-state index contributed by atoms with van der Waals surface area (Å²) in [5.74, 6) is -0.273. The maximum absolute atomic E-state index is 12.5. The van der Waals surface area contributed by atoms with Crippen LogP contribution in [0, 0.1) is 0 Å². The van der Waals surface area contributed by atoms with Gasteiger partial charge in [-0.1, -0.05) is 12.1 Å². The number of carbonyl (C=O) groups is 2. The van der Waals surface area contributed by atoms with Gasteiger partial charge in [0.15, 0.2) is 0 Å². The van der Waals surface area contributed by atoms with Crippen LogP contribution in [0.4, 0.5) is 5.69 Å². The predicted molar refractivity (Wildman–Crippen MR) is 103 cm³/mol. The Morgan fingerprint density at radius 3 is 2.62 bits per heavy atom. The molecular weight excluding hydrogens is 328 g/mol. The maximum Gasteiger partial charge on any atom is 0.251 e. The second kappa shape index (κ2) is 9.68. The predicted octanol–water partition coefficient (Wildman–Crippen LogP) is 2.68. The molecule has 26 heavy (non-hydrogen) atoms. The lowest BCUT2D eigenvalue weighted by Gasteiger charge is -2.25. The van der Waals surface area contributed by atoms with Crippen LogP contribution in [-0.2, 0) is 11.3 Å². The van der Waals surface area contributed by atoms with Crippen molar-refractivity contribution in [2.24, 2.45) is 0 Å². The van der Waals surface area contributed by atoms with Crippen molar-refractivity contribution < 1.29 is 9.59 Å². The molecule has 0 spiro atoms. The van der Waals surface area contributed by atoms with Gasteiger partial charge in [0.1, 0.15) is 0 Å². The molecule has 138 valence electrons. The Morgan fingerprint density at radius 2 is 1.96 bits per heavy atom. The highest BCUT2D eigenvalue weighted by Crippen LogP contribution is 2.12. The van der Waals surface area contributed by atoms with Crippen molar-refractivity contribution in [3.8, 4) is 0 Å². The Labute approximate surface area is 154 Å². The number of nitrogens with one attached hydrogen (secondary N) is 2. The molecule has 6 nitrogen and oxygen atoms in total. The fourth-order valence-corrected chi connectivity index (χ4v) is 2.51. The largest absolute Gasteiger partial charge is 0.352 e. The van der Waals surface area contributed by atoms with Crippen LogP contribution in [0.3, 0.4) is 0 Å². The van der Waals surface area contributed by atoms with E-state index in [9.17, 15) is 9.59 Å². The number of rotatable bonds is 8. The van der Waals surface area contributed by atoms with Crippen LogP contribution >= 0.6 is 0 Å². The van der Waals surface area contributed by atoms with E-state index >= 15 is 0 Å². The lowest BCUT2D eigenvalue weighted by Crippen LogP contribution is -2.37. The zero-order valence-corrected chi connectivity index (χ0v) is 15.5. The normalized spacial score (nSPS) is 10.8. The average Bonchev–Trinajstić information content (AvgIpc) is 2.62. The van der Waals surface area contributed by atoms with Gasteiger partial charge in [-0.3, -0.25) is 19.5 Å². The van der Waals surface area contributed by atoms with Crippen molar-refractivity contribution in [3.63, 3.8) is 0 Å². The summed E-state index contributed by atoms with van der Waals surface area (Å²) in [4.78, 5) is 30.7. The van der Waals surface area contributed by atoms with Crippen molar-refractivity contribution in [3.05, 3.63) is 59.9 Å².